The molecule has 1 aromatic rings. The smallest absolute Gasteiger partial charge is 0.0138 e. The van der Waals surface area contributed by atoms with Crippen LogP contribution in [0, 0.1) is 5.92 Å². The minimum atomic E-state index is 0.328. The van der Waals surface area contributed by atoms with Crippen LogP contribution in [0.1, 0.15) is 32.3 Å². The fourth-order valence-corrected chi connectivity index (χ4v) is 3.90. The molecule has 0 aromatic heterocycles. The molecule has 2 rings (SSSR count). The van der Waals surface area contributed by atoms with Crippen molar-refractivity contribution in [2.45, 2.75) is 49.3 Å². The zero-order valence-corrected chi connectivity index (χ0v) is 11.0. The minimum absolute atomic E-state index is 0.328. The largest absolute Gasteiger partial charge is 0.328 e. The second-order valence-corrected chi connectivity index (χ2v) is 6.16. The molecule has 1 heterocycles. The summed E-state index contributed by atoms with van der Waals surface area (Å²) in [6.45, 7) is 4.39. The first kappa shape index (κ1) is 12.0. The number of rotatable bonds is 4. The number of benzene rings is 1. The van der Waals surface area contributed by atoms with Crippen LogP contribution in [0.4, 0.5) is 0 Å². The molecule has 0 spiro atoms. The highest BCUT2D eigenvalue weighted by atomic mass is 32.2. The van der Waals surface area contributed by atoms with E-state index < -0.39 is 0 Å². The molecule has 88 valence electrons. The summed E-state index contributed by atoms with van der Waals surface area (Å²) in [7, 11) is 0. The van der Waals surface area contributed by atoms with Gasteiger partial charge in [0, 0.05) is 16.2 Å². The van der Waals surface area contributed by atoms with Crippen molar-refractivity contribution >= 4 is 11.8 Å². The second-order valence-electron chi connectivity index (χ2n) is 4.81. The molecule has 3 atom stereocenters. The van der Waals surface area contributed by atoms with Crippen molar-refractivity contribution in [3.05, 3.63) is 29.8 Å². The van der Waals surface area contributed by atoms with Crippen LogP contribution >= 0.6 is 11.8 Å². The lowest BCUT2D eigenvalue weighted by Gasteiger charge is -2.21. The molecule has 3 unspecified atom stereocenters. The van der Waals surface area contributed by atoms with E-state index in [2.05, 4.69) is 38.1 Å². The van der Waals surface area contributed by atoms with E-state index in [0.717, 1.165) is 5.25 Å². The molecule has 2 heteroatoms. The van der Waals surface area contributed by atoms with Gasteiger partial charge in [0.2, 0.25) is 0 Å². The van der Waals surface area contributed by atoms with Crippen LogP contribution in [0.3, 0.4) is 0 Å². The van der Waals surface area contributed by atoms with Crippen LogP contribution < -0.4 is 5.73 Å². The van der Waals surface area contributed by atoms with Crippen molar-refractivity contribution in [2.24, 2.45) is 11.7 Å². The molecular weight excluding hydrogens is 214 g/mol. The van der Waals surface area contributed by atoms with Gasteiger partial charge in [0.1, 0.15) is 0 Å². The SMILES string of the molecule is CCC(CC1Cc2ccccc2S1)C(C)N. The summed E-state index contributed by atoms with van der Waals surface area (Å²) in [6.07, 6.45) is 3.68. The Hall–Kier alpha value is -0.470. The summed E-state index contributed by atoms with van der Waals surface area (Å²) in [4.78, 5) is 1.48. The van der Waals surface area contributed by atoms with Gasteiger partial charge in [-0.05, 0) is 37.3 Å². The lowest BCUT2D eigenvalue weighted by atomic mass is 9.92. The molecule has 16 heavy (non-hydrogen) atoms. The molecule has 1 aliphatic rings. The third-order valence-electron chi connectivity index (χ3n) is 3.55. The Morgan fingerprint density at radius 2 is 2.19 bits per heavy atom. The molecule has 2 N–H and O–H groups in total. The highest BCUT2D eigenvalue weighted by molar-refractivity contribution is 8.00. The van der Waals surface area contributed by atoms with Gasteiger partial charge in [-0.2, -0.15) is 0 Å². The zero-order valence-electron chi connectivity index (χ0n) is 10.1. The van der Waals surface area contributed by atoms with Crippen LogP contribution in [0.2, 0.25) is 0 Å². The van der Waals surface area contributed by atoms with E-state index in [1.165, 1.54) is 29.7 Å². The van der Waals surface area contributed by atoms with Gasteiger partial charge in [-0.25, -0.2) is 0 Å². The average molecular weight is 235 g/mol. The van der Waals surface area contributed by atoms with Gasteiger partial charge >= 0.3 is 0 Å². The quantitative estimate of drug-likeness (QED) is 0.865. The highest BCUT2D eigenvalue weighted by Crippen LogP contribution is 2.40. The first-order valence-electron chi connectivity index (χ1n) is 6.20. The summed E-state index contributed by atoms with van der Waals surface area (Å²) in [6, 6.07) is 9.11. The van der Waals surface area contributed by atoms with Crippen LogP contribution in [-0.2, 0) is 6.42 Å². The number of hydrogen-bond acceptors (Lipinski definition) is 2. The summed E-state index contributed by atoms with van der Waals surface area (Å²) >= 11 is 2.04. The lowest BCUT2D eigenvalue weighted by molar-refractivity contribution is 0.397. The van der Waals surface area contributed by atoms with E-state index in [9.17, 15) is 0 Å². The monoisotopic (exact) mass is 235 g/mol. The fourth-order valence-electron chi connectivity index (χ4n) is 2.48. The molecule has 0 aliphatic carbocycles. The third kappa shape index (κ3) is 2.61. The standard InChI is InChI=1S/C14H21NS/c1-3-11(10(2)15)8-13-9-12-6-4-5-7-14(12)16-13/h4-7,10-11,13H,3,8-9,15H2,1-2H3. The Morgan fingerprint density at radius 1 is 1.44 bits per heavy atom. The van der Waals surface area contributed by atoms with Crippen molar-refractivity contribution in [3.63, 3.8) is 0 Å². The summed E-state index contributed by atoms with van der Waals surface area (Å²) in [5, 5.41) is 0.744. The first-order valence-corrected chi connectivity index (χ1v) is 7.08. The van der Waals surface area contributed by atoms with Gasteiger partial charge in [-0.15, -0.1) is 11.8 Å². The molecule has 0 amide bonds. The Labute approximate surface area is 103 Å². The van der Waals surface area contributed by atoms with E-state index in [0.29, 0.717) is 12.0 Å². The minimum Gasteiger partial charge on any atom is -0.328 e. The van der Waals surface area contributed by atoms with E-state index in [1.807, 2.05) is 11.8 Å². The van der Waals surface area contributed by atoms with Gasteiger partial charge < -0.3 is 5.73 Å². The molecule has 0 radical (unpaired) electrons. The van der Waals surface area contributed by atoms with E-state index in [-0.39, 0.29) is 0 Å². The summed E-state index contributed by atoms with van der Waals surface area (Å²) < 4.78 is 0. The lowest BCUT2D eigenvalue weighted by Crippen LogP contribution is -2.28. The number of thioether (sulfide) groups is 1. The topological polar surface area (TPSA) is 26.0 Å². The second kappa shape index (κ2) is 5.24. The van der Waals surface area contributed by atoms with Crippen molar-refractivity contribution in [3.8, 4) is 0 Å². The normalized spacial score (nSPS) is 22.8. The average Bonchev–Trinajstić information content (AvgIpc) is 2.67. The first-order chi connectivity index (χ1) is 7.70. The van der Waals surface area contributed by atoms with Crippen LogP contribution in [0.15, 0.2) is 29.2 Å². The molecule has 1 aliphatic heterocycles. The van der Waals surface area contributed by atoms with Crippen LogP contribution in [0.25, 0.3) is 0 Å². The van der Waals surface area contributed by atoms with E-state index in [4.69, 9.17) is 5.73 Å². The third-order valence-corrected chi connectivity index (χ3v) is 4.89. The summed E-state index contributed by atoms with van der Waals surface area (Å²) in [5.74, 6) is 0.673. The van der Waals surface area contributed by atoms with Crippen molar-refractivity contribution in [1.29, 1.82) is 0 Å². The highest BCUT2D eigenvalue weighted by Gasteiger charge is 2.25. The maximum Gasteiger partial charge on any atom is 0.0138 e. The molecule has 1 aromatic carbocycles. The molecule has 1 nitrogen and oxygen atoms in total. The van der Waals surface area contributed by atoms with Gasteiger partial charge in [0.15, 0.2) is 0 Å². The van der Waals surface area contributed by atoms with Gasteiger partial charge in [0.25, 0.3) is 0 Å². The van der Waals surface area contributed by atoms with Crippen molar-refractivity contribution in [2.75, 3.05) is 0 Å². The van der Waals surface area contributed by atoms with Gasteiger partial charge in [-0.3, -0.25) is 0 Å². The molecular formula is C14H21NS. The molecule has 0 saturated heterocycles. The van der Waals surface area contributed by atoms with Crippen molar-refractivity contribution < 1.29 is 0 Å². The Kier molecular flexibility index (Phi) is 3.93. The van der Waals surface area contributed by atoms with Gasteiger partial charge in [0.05, 0.1) is 0 Å². The summed E-state index contributed by atoms with van der Waals surface area (Å²) in [5.41, 5.74) is 7.55. The number of nitrogens with two attached hydrogens (primary N) is 1. The molecule has 0 saturated carbocycles. The predicted octanol–water partition coefficient (Wildman–Crippen LogP) is 3.47. The Bertz CT molecular complexity index is 323. The fraction of sp³-hybridized carbons (Fsp3) is 0.571. The van der Waals surface area contributed by atoms with Crippen LogP contribution in [0.5, 0.6) is 0 Å². The zero-order chi connectivity index (χ0) is 11.5. The maximum absolute atomic E-state index is 6.02. The predicted molar refractivity (Wildman–Crippen MR) is 71.8 cm³/mol. The number of fused-ring (bicyclic) bond motifs is 1. The van der Waals surface area contributed by atoms with Crippen LogP contribution in [-0.4, -0.2) is 11.3 Å². The van der Waals surface area contributed by atoms with E-state index >= 15 is 0 Å². The maximum atomic E-state index is 6.02. The van der Waals surface area contributed by atoms with Crippen molar-refractivity contribution in [1.82, 2.24) is 0 Å². The van der Waals surface area contributed by atoms with E-state index in [1.54, 1.807) is 0 Å². The Morgan fingerprint density at radius 3 is 2.81 bits per heavy atom. The molecule has 0 fully saturated rings. The number of hydrogen-bond donors (Lipinski definition) is 1. The van der Waals surface area contributed by atoms with Gasteiger partial charge in [-0.1, -0.05) is 31.5 Å². The Balaban J connectivity index is 1.96. The molecule has 0 bridgehead atoms.